The van der Waals surface area contributed by atoms with Crippen LogP contribution >= 0.6 is 0 Å². The molecule has 2 aromatic rings. The van der Waals surface area contributed by atoms with E-state index in [1.54, 1.807) is 30.5 Å². The summed E-state index contributed by atoms with van der Waals surface area (Å²) in [7, 11) is 0. The first-order valence-corrected chi connectivity index (χ1v) is 10.3. The molecule has 1 aliphatic rings. The molecule has 0 bridgehead atoms. The molecular formula is C24H34N4O. The predicted molar refractivity (Wildman–Crippen MR) is 123 cm³/mol. The van der Waals surface area contributed by atoms with Gasteiger partial charge in [-0.25, -0.2) is 9.97 Å². The van der Waals surface area contributed by atoms with E-state index in [0.717, 1.165) is 23.4 Å². The van der Waals surface area contributed by atoms with Gasteiger partial charge in [-0.1, -0.05) is 40.7 Å². The van der Waals surface area contributed by atoms with E-state index in [-0.39, 0.29) is 11.8 Å². The average Bonchev–Trinajstić information content (AvgIpc) is 2.79. The Labute approximate surface area is 175 Å². The summed E-state index contributed by atoms with van der Waals surface area (Å²) in [5.41, 5.74) is 10.8. The molecule has 0 radical (unpaired) electrons. The predicted octanol–water partition coefficient (Wildman–Crippen LogP) is 5.57. The van der Waals surface area contributed by atoms with Crippen molar-refractivity contribution < 1.29 is 5.11 Å². The topological polar surface area (TPSA) is 75.3 Å². The quantitative estimate of drug-likeness (QED) is 0.709. The zero-order valence-corrected chi connectivity index (χ0v) is 18.4. The highest BCUT2D eigenvalue weighted by atomic mass is 16.3. The molecule has 2 heterocycles. The second-order valence-corrected chi connectivity index (χ2v) is 5.96. The highest BCUT2D eigenvalue weighted by Crippen LogP contribution is 2.30. The van der Waals surface area contributed by atoms with Crippen molar-refractivity contribution in [2.75, 3.05) is 0 Å². The van der Waals surface area contributed by atoms with Crippen LogP contribution in [0.5, 0.6) is 5.75 Å². The zero-order valence-electron chi connectivity index (χ0n) is 18.4. The number of allylic oxidation sites excluding steroid dienone is 2. The molecule has 0 aliphatic carbocycles. The fraction of sp³-hybridized carbons (Fsp3) is 0.333. The highest BCUT2D eigenvalue weighted by Gasteiger charge is 2.22. The minimum Gasteiger partial charge on any atom is -0.508 e. The van der Waals surface area contributed by atoms with Gasteiger partial charge in [0.25, 0.3) is 0 Å². The summed E-state index contributed by atoms with van der Waals surface area (Å²) in [5, 5.41) is 9.53. The normalized spacial score (nSPS) is 15.9. The van der Waals surface area contributed by atoms with E-state index in [1.807, 2.05) is 40.0 Å². The number of benzene rings is 1. The van der Waals surface area contributed by atoms with Crippen LogP contribution in [0.1, 0.15) is 59.2 Å². The summed E-state index contributed by atoms with van der Waals surface area (Å²) in [6.45, 7) is 12.3. The van der Waals surface area contributed by atoms with Gasteiger partial charge in [-0.3, -0.25) is 0 Å². The Morgan fingerprint density at radius 1 is 1.10 bits per heavy atom. The molecular weight excluding hydrogens is 360 g/mol. The Kier molecular flexibility index (Phi) is 10.2. The fourth-order valence-electron chi connectivity index (χ4n) is 2.89. The second-order valence-electron chi connectivity index (χ2n) is 5.96. The largest absolute Gasteiger partial charge is 0.508 e. The van der Waals surface area contributed by atoms with Crippen molar-refractivity contribution in [3.05, 3.63) is 78.0 Å². The molecule has 1 aromatic heterocycles. The number of rotatable bonds is 4. The van der Waals surface area contributed by atoms with E-state index in [9.17, 15) is 5.11 Å². The number of phenolic OH excluding ortho intramolecular Hbond substituents is 1. The highest BCUT2D eigenvalue weighted by molar-refractivity contribution is 5.88. The minimum atomic E-state index is 0.153. The van der Waals surface area contributed by atoms with Crippen molar-refractivity contribution in [2.24, 2.45) is 5.73 Å². The molecule has 0 saturated carbocycles. The van der Waals surface area contributed by atoms with Crippen molar-refractivity contribution in [2.45, 2.75) is 54.0 Å². The van der Waals surface area contributed by atoms with Gasteiger partial charge in [0.15, 0.2) is 0 Å². The number of aromatic hydroxyl groups is 1. The summed E-state index contributed by atoms with van der Waals surface area (Å²) in [6.07, 6.45) is 10.6. The maximum absolute atomic E-state index is 9.53. The molecule has 1 aromatic carbocycles. The zero-order chi connectivity index (χ0) is 21.8. The number of hydrogen-bond acceptors (Lipinski definition) is 5. The molecule has 0 fully saturated rings. The van der Waals surface area contributed by atoms with Crippen LogP contribution in [0.2, 0.25) is 0 Å². The summed E-state index contributed by atoms with van der Waals surface area (Å²) in [4.78, 5) is 10.5. The molecule has 3 N–H and O–H groups in total. The number of phenols is 1. The molecule has 156 valence electrons. The molecule has 1 unspecified atom stereocenters. The third-order valence-electron chi connectivity index (χ3n) is 4.27. The molecule has 0 amide bonds. The molecule has 5 nitrogen and oxygen atoms in total. The lowest BCUT2D eigenvalue weighted by Gasteiger charge is -2.32. The van der Waals surface area contributed by atoms with Gasteiger partial charge < -0.3 is 15.7 Å². The first kappa shape index (κ1) is 24.0. The smallest absolute Gasteiger partial charge is 0.116 e. The lowest BCUT2D eigenvalue weighted by atomic mass is 10.0. The monoisotopic (exact) mass is 394 g/mol. The SMILES string of the molecule is CC.CC.CCC1=CC(C)N(/C(=C(\N)c2ccc(O)cc2)c2ccncn2)C=C1. The van der Waals surface area contributed by atoms with E-state index in [0.29, 0.717) is 5.70 Å². The number of aromatic nitrogens is 2. The number of nitrogens with zero attached hydrogens (tertiary/aromatic N) is 3. The molecule has 3 rings (SSSR count). The van der Waals surface area contributed by atoms with Gasteiger partial charge >= 0.3 is 0 Å². The van der Waals surface area contributed by atoms with E-state index in [2.05, 4.69) is 40.9 Å². The maximum atomic E-state index is 9.53. The number of hydrogen-bond donors (Lipinski definition) is 2. The van der Waals surface area contributed by atoms with Crippen molar-refractivity contribution in [3.63, 3.8) is 0 Å². The minimum absolute atomic E-state index is 0.153. The van der Waals surface area contributed by atoms with E-state index < -0.39 is 0 Å². The molecule has 0 saturated heterocycles. The van der Waals surface area contributed by atoms with Gasteiger partial charge in [-0.05, 0) is 60.9 Å². The molecule has 29 heavy (non-hydrogen) atoms. The Morgan fingerprint density at radius 2 is 1.76 bits per heavy atom. The first-order valence-electron chi connectivity index (χ1n) is 10.3. The summed E-state index contributed by atoms with van der Waals surface area (Å²) < 4.78 is 0. The summed E-state index contributed by atoms with van der Waals surface area (Å²) >= 11 is 0. The van der Waals surface area contributed by atoms with Crippen LogP contribution in [0.3, 0.4) is 0 Å². The summed E-state index contributed by atoms with van der Waals surface area (Å²) in [5.74, 6) is 0.210. The van der Waals surface area contributed by atoms with Crippen LogP contribution in [0.25, 0.3) is 11.4 Å². The van der Waals surface area contributed by atoms with Crippen LogP contribution < -0.4 is 5.73 Å². The van der Waals surface area contributed by atoms with Crippen LogP contribution in [-0.2, 0) is 0 Å². The van der Waals surface area contributed by atoms with Gasteiger partial charge in [-0.2, -0.15) is 0 Å². The van der Waals surface area contributed by atoms with E-state index in [1.165, 1.54) is 11.9 Å². The molecule has 1 aliphatic heterocycles. The Morgan fingerprint density at radius 3 is 2.28 bits per heavy atom. The Hall–Kier alpha value is -3.08. The van der Waals surface area contributed by atoms with Crippen molar-refractivity contribution in [1.29, 1.82) is 0 Å². The van der Waals surface area contributed by atoms with Crippen LogP contribution in [0.4, 0.5) is 0 Å². The van der Waals surface area contributed by atoms with E-state index >= 15 is 0 Å². The van der Waals surface area contributed by atoms with Crippen molar-refractivity contribution in [3.8, 4) is 5.75 Å². The fourth-order valence-corrected chi connectivity index (χ4v) is 2.89. The molecule has 5 heteroatoms. The Bertz CT molecular complexity index is 824. The van der Waals surface area contributed by atoms with Crippen LogP contribution in [0, 0.1) is 0 Å². The number of nitrogens with two attached hydrogens (primary N) is 1. The second kappa shape index (κ2) is 12.4. The van der Waals surface area contributed by atoms with Crippen LogP contribution in [-0.4, -0.2) is 26.0 Å². The third kappa shape index (κ3) is 6.21. The maximum Gasteiger partial charge on any atom is 0.116 e. The standard InChI is InChI=1S/C20H22N4O.2C2H6/c1-3-15-9-11-24(14(2)12-15)20(18-8-10-22-13-23-18)19(21)16-4-6-17(25)7-5-16;2*1-2/h4-14,25H,3,21H2,1-2H3;2*1-2H3/b20-19-;;. The van der Waals surface area contributed by atoms with Crippen LogP contribution in [0.15, 0.2) is 66.8 Å². The molecule has 0 spiro atoms. The van der Waals surface area contributed by atoms with E-state index in [4.69, 9.17) is 5.73 Å². The van der Waals surface area contributed by atoms with Gasteiger partial charge in [-0.15, -0.1) is 0 Å². The summed E-state index contributed by atoms with van der Waals surface area (Å²) in [6, 6.07) is 8.87. The lowest BCUT2D eigenvalue weighted by Crippen LogP contribution is -2.29. The average molecular weight is 395 g/mol. The van der Waals surface area contributed by atoms with Gasteiger partial charge in [0.2, 0.25) is 0 Å². The van der Waals surface area contributed by atoms with Crippen molar-refractivity contribution >= 4 is 11.4 Å². The first-order chi connectivity index (χ1) is 14.1. The van der Waals surface area contributed by atoms with Gasteiger partial charge in [0, 0.05) is 18.4 Å². The Balaban J connectivity index is 0.000000989. The molecule has 1 atom stereocenters. The van der Waals surface area contributed by atoms with Crippen molar-refractivity contribution in [1.82, 2.24) is 14.9 Å². The third-order valence-corrected chi connectivity index (χ3v) is 4.27. The lowest BCUT2D eigenvalue weighted by molar-refractivity contribution is 0.464. The van der Waals surface area contributed by atoms with Gasteiger partial charge in [0.1, 0.15) is 12.1 Å². The van der Waals surface area contributed by atoms with Gasteiger partial charge in [0.05, 0.1) is 17.1 Å².